The van der Waals surface area contributed by atoms with Crippen LogP contribution in [0.2, 0.25) is 19.6 Å². The zero-order valence-corrected chi connectivity index (χ0v) is 36.5. The molecule has 0 amide bonds. The first-order valence-corrected chi connectivity index (χ1v) is 22.5. The van der Waals surface area contributed by atoms with Crippen molar-refractivity contribution in [1.82, 2.24) is 9.97 Å². The largest absolute Gasteiger partial charge is 0.512 e. The molecule has 1 N–H and O–H groups in total. The minimum Gasteiger partial charge on any atom is -0.512 e. The summed E-state index contributed by atoms with van der Waals surface area (Å²) in [6.07, 6.45) is 6.62. The molecule has 0 aliphatic rings. The molecule has 0 saturated heterocycles. The number of allylic oxidation sites excluding steroid dienone is 2. The van der Waals surface area contributed by atoms with Crippen molar-refractivity contribution in [3.8, 4) is 11.3 Å². The molecule has 0 atom stereocenters. The van der Waals surface area contributed by atoms with Gasteiger partial charge in [-0.05, 0) is 48.6 Å². The smallest absolute Gasteiger partial charge is 0.162 e. The fraction of sp³-hybridized carbons (Fsp3) is 0.465. The van der Waals surface area contributed by atoms with Gasteiger partial charge in [-0.3, -0.25) is 9.78 Å². The maximum absolute atomic E-state index is 11.7. The third-order valence-corrected chi connectivity index (χ3v) is 13.0. The molecular formula is C43H57IrN2O2SSi-. The standard InChI is InChI=1S/C30H33N2SSi.C13H24O2.Ir/c1-18(2)25-15-20(13-19-14-22(34(6,7)8)10-12-23(19)25)27-29-28(32-17-31-27)24-11-9-21(30(3,4)5)16-26(24)33-29;1-5-10(6-2)12(14)9-13(15)11(7-3)8-4;/h9-12,14-18H,1-8H3;9-11,14H,5-8H2,1-4H3;/q-1;;/b;12-9-;. The first kappa shape index (κ1) is 41.7. The number of aliphatic hydroxyl groups is 1. The molecule has 5 aromatic rings. The van der Waals surface area contributed by atoms with E-state index in [9.17, 15) is 9.90 Å². The molecule has 4 nitrogen and oxygen atoms in total. The summed E-state index contributed by atoms with van der Waals surface area (Å²) in [5.74, 6) is 0.966. The average molecular weight is 886 g/mol. The van der Waals surface area contributed by atoms with E-state index in [1.807, 2.05) is 27.7 Å². The van der Waals surface area contributed by atoms with Crippen molar-refractivity contribution < 1.29 is 30.0 Å². The van der Waals surface area contributed by atoms with Crippen molar-refractivity contribution in [2.24, 2.45) is 11.8 Å². The molecule has 0 bridgehead atoms. The van der Waals surface area contributed by atoms with E-state index in [4.69, 9.17) is 9.97 Å². The zero-order valence-electron chi connectivity index (χ0n) is 32.2. The molecule has 0 spiro atoms. The number of rotatable bonds is 10. The average Bonchev–Trinajstić information content (AvgIpc) is 3.43. The van der Waals surface area contributed by atoms with E-state index in [-0.39, 0.29) is 48.9 Å². The van der Waals surface area contributed by atoms with Gasteiger partial charge in [-0.25, -0.2) is 4.98 Å². The Kier molecular flexibility index (Phi) is 14.4. The molecule has 271 valence electrons. The van der Waals surface area contributed by atoms with Crippen LogP contribution in [0.3, 0.4) is 0 Å². The summed E-state index contributed by atoms with van der Waals surface area (Å²) in [6, 6.07) is 19.9. The predicted octanol–water partition coefficient (Wildman–Crippen LogP) is 12.3. The second kappa shape index (κ2) is 17.2. The van der Waals surface area contributed by atoms with E-state index in [0.29, 0.717) is 5.92 Å². The van der Waals surface area contributed by atoms with Gasteiger partial charge in [0.1, 0.15) is 6.33 Å². The van der Waals surface area contributed by atoms with Gasteiger partial charge in [0.15, 0.2) is 5.78 Å². The van der Waals surface area contributed by atoms with Crippen LogP contribution in [0.4, 0.5) is 0 Å². The molecule has 0 unspecified atom stereocenters. The van der Waals surface area contributed by atoms with E-state index in [1.54, 1.807) is 17.7 Å². The van der Waals surface area contributed by atoms with Crippen molar-refractivity contribution in [3.63, 3.8) is 0 Å². The summed E-state index contributed by atoms with van der Waals surface area (Å²) in [7, 11) is -1.42. The summed E-state index contributed by atoms with van der Waals surface area (Å²) in [5.41, 5.74) is 5.92. The van der Waals surface area contributed by atoms with Crippen LogP contribution >= 0.6 is 11.3 Å². The van der Waals surface area contributed by atoms with Crippen LogP contribution in [0.15, 0.2) is 60.6 Å². The van der Waals surface area contributed by atoms with Gasteiger partial charge in [-0.1, -0.05) is 122 Å². The molecule has 5 rings (SSSR count). The van der Waals surface area contributed by atoms with Crippen LogP contribution in [-0.2, 0) is 30.3 Å². The number of thiophene rings is 1. The summed E-state index contributed by atoms with van der Waals surface area (Å²) >= 11 is 1.80. The van der Waals surface area contributed by atoms with Gasteiger partial charge in [0.25, 0.3) is 0 Å². The van der Waals surface area contributed by atoms with Crippen LogP contribution in [0.25, 0.3) is 42.3 Å². The number of ketones is 1. The number of benzene rings is 3. The van der Waals surface area contributed by atoms with E-state index in [2.05, 4.69) is 103 Å². The Morgan fingerprint density at radius 3 is 2.08 bits per heavy atom. The van der Waals surface area contributed by atoms with E-state index in [1.165, 1.54) is 43.2 Å². The maximum atomic E-state index is 11.7. The monoisotopic (exact) mass is 886 g/mol. The number of hydrogen-bond acceptors (Lipinski definition) is 5. The van der Waals surface area contributed by atoms with Crippen LogP contribution in [0.5, 0.6) is 0 Å². The number of nitrogens with zero attached hydrogens (tertiary/aromatic N) is 2. The van der Waals surface area contributed by atoms with Gasteiger partial charge in [0, 0.05) is 58.5 Å². The fourth-order valence-corrected chi connectivity index (χ4v) is 8.76. The van der Waals surface area contributed by atoms with Gasteiger partial charge >= 0.3 is 0 Å². The SMILES string of the molecule is CC(C)c1cc(-c2ncnc3c2sc2cc(C(C)(C)C)ccc23)[c-]c2cc([Si](C)(C)C)ccc12.CCC(CC)C(=O)/C=C(\O)C(CC)CC.[Ir]. The van der Waals surface area contributed by atoms with Gasteiger partial charge < -0.3 is 5.11 Å². The Bertz CT molecular complexity index is 1960. The topological polar surface area (TPSA) is 63.1 Å². The minimum atomic E-state index is -1.42. The molecule has 0 aliphatic heterocycles. The van der Waals surface area contributed by atoms with Gasteiger partial charge in [0.05, 0.1) is 19.3 Å². The van der Waals surface area contributed by atoms with Crippen LogP contribution < -0.4 is 5.19 Å². The zero-order chi connectivity index (χ0) is 36.3. The van der Waals surface area contributed by atoms with Crippen molar-refractivity contribution in [2.45, 2.75) is 119 Å². The quantitative estimate of drug-likeness (QED) is 0.0657. The number of aliphatic hydroxyl groups excluding tert-OH is 1. The molecule has 0 aliphatic carbocycles. The molecule has 50 heavy (non-hydrogen) atoms. The predicted molar refractivity (Wildman–Crippen MR) is 216 cm³/mol. The number of hydrogen-bond donors (Lipinski definition) is 1. The van der Waals surface area contributed by atoms with Crippen LogP contribution in [0, 0.1) is 17.9 Å². The van der Waals surface area contributed by atoms with Crippen molar-refractivity contribution in [3.05, 3.63) is 77.8 Å². The third kappa shape index (κ3) is 9.39. The number of fused-ring (bicyclic) bond motifs is 4. The van der Waals surface area contributed by atoms with E-state index in [0.717, 1.165) is 47.2 Å². The first-order valence-electron chi connectivity index (χ1n) is 18.2. The first-order chi connectivity index (χ1) is 23.0. The van der Waals surface area contributed by atoms with Crippen molar-refractivity contribution in [1.29, 1.82) is 0 Å². The summed E-state index contributed by atoms with van der Waals surface area (Å²) in [4.78, 5) is 21.2. The second-order valence-electron chi connectivity index (χ2n) is 15.8. The van der Waals surface area contributed by atoms with Gasteiger partial charge in [-0.15, -0.1) is 40.5 Å². The van der Waals surface area contributed by atoms with Gasteiger partial charge in [-0.2, -0.15) is 0 Å². The summed E-state index contributed by atoms with van der Waals surface area (Å²) in [5, 5.41) is 14.9. The normalized spacial score (nSPS) is 12.6. The Hall–Kier alpha value is -2.70. The Balaban J connectivity index is 0.000000361. The Morgan fingerprint density at radius 2 is 1.52 bits per heavy atom. The van der Waals surface area contributed by atoms with Crippen LogP contribution in [0.1, 0.15) is 105 Å². The third-order valence-electron chi connectivity index (χ3n) is 9.84. The van der Waals surface area contributed by atoms with Crippen molar-refractivity contribution >= 4 is 61.5 Å². The Morgan fingerprint density at radius 1 is 0.900 bits per heavy atom. The molecule has 1 radical (unpaired) electrons. The molecule has 3 aromatic carbocycles. The molecule has 2 aromatic heterocycles. The summed E-state index contributed by atoms with van der Waals surface area (Å²) in [6.45, 7) is 26.6. The number of carbonyl (C=O) groups excluding carboxylic acids is 1. The van der Waals surface area contributed by atoms with Gasteiger partial charge in [0.2, 0.25) is 0 Å². The molecule has 0 saturated carbocycles. The molecule has 0 fully saturated rings. The van der Waals surface area contributed by atoms with Crippen LogP contribution in [-0.4, -0.2) is 28.9 Å². The van der Waals surface area contributed by atoms with E-state index < -0.39 is 8.07 Å². The second-order valence-corrected chi connectivity index (χ2v) is 21.9. The Labute approximate surface area is 319 Å². The fourth-order valence-electron chi connectivity index (χ4n) is 6.40. The number of aromatic nitrogens is 2. The maximum Gasteiger partial charge on any atom is 0.162 e. The van der Waals surface area contributed by atoms with Crippen molar-refractivity contribution in [2.75, 3.05) is 0 Å². The minimum absolute atomic E-state index is 0. The molecule has 2 heterocycles. The summed E-state index contributed by atoms with van der Waals surface area (Å²) < 4.78 is 2.42. The van der Waals surface area contributed by atoms with E-state index >= 15 is 0 Å². The molecule has 7 heteroatoms. The number of carbonyl (C=O) groups is 1. The molecular weight excluding hydrogens is 829 g/mol.